The van der Waals surface area contributed by atoms with Crippen molar-refractivity contribution < 1.29 is 39.5 Å². The maximum Gasteiger partial charge on any atom is 0.417 e. The van der Waals surface area contributed by atoms with Crippen molar-refractivity contribution in [1.82, 2.24) is 4.98 Å². The molecule has 11 heteroatoms. The maximum absolute atomic E-state index is 13.2. The Hall–Kier alpha value is -2.14. The minimum Gasteiger partial charge on any atom is -0.373 e. The van der Waals surface area contributed by atoms with Gasteiger partial charge in [0.2, 0.25) is 0 Å². The summed E-state index contributed by atoms with van der Waals surface area (Å²) < 4.78 is 108. The molecule has 0 saturated carbocycles. The minimum absolute atomic E-state index is 0.0194. The Morgan fingerprint density at radius 3 is 2.33 bits per heavy atom. The van der Waals surface area contributed by atoms with E-state index in [1.807, 2.05) is 0 Å². The van der Waals surface area contributed by atoms with E-state index in [1.54, 1.807) is 0 Å². The van der Waals surface area contributed by atoms with Crippen LogP contribution in [0.1, 0.15) is 42.6 Å². The molecule has 0 amide bonds. The molecule has 2 aromatic rings. The van der Waals surface area contributed by atoms with E-state index in [4.69, 9.17) is 4.74 Å². The van der Waals surface area contributed by atoms with E-state index < -0.39 is 49.1 Å². The van der Waals surface area contributed by atoms with Gasteiger partial charge in [-0.2, -0.15) is 26.3 Å². The molecule has 2 unspecified atom stereocenters. The lowest BCUT2D eigenvalue weighted by Crippen LogP contribution is -2.42. The number of hydrogen-bond donors (Lipinski definition) is 0. The monoisotopic (exact) mass is 453 g/mol. The summed E-state index contributed by atoms with van der Waals surface area (Å²) in [5.74, 6) is 0. The van der Waals surface area contributed by atoms with Crippen LogP contribution in [-0.4, -0.2) is 24.8 Å². The lowest BCUT2D eigenvalue weighted by Gasteiger charge is -2.38. The fourth-order valence-corrected chi connectivity index (χ4v) is 5.17. The molecule has 0 N–H and O–H groups in total. The molecule has 0 radical (unpaired) electrons. The lowest BCUT2D eigenvalue weighted by molar-refractivity contribution is -0.138. The number of ether oxygens (including phenoxy) is 1. The molecule has 0 aliphatic carbocycles. The van der Waals surface area contributed by atoms with E-state index in [1.165, 1.54) is 6.92 Å². The Morgan fingerprint density at radius 1 is 1.03 bits per heavy atom. The van der Waals surface area contributed by atoms with Crippen LogP contribution in [-0.2, 0) is 26.9 Å². The Morgan fingerprint density at radius 2 is 1.70 bits per heavy atom. The standard InChI is InChI=1S/C19H17F6NO3S/c1-17(30(27,28)15-4-2-3-13(8-15)18(20,21)22)5-6-29-16(9-17)12-7-14(11-26-10-12)19(23,24)25/h2-4,7-8,10-11,16H,5-6,9H2,1H3. The second-order valence-corrected chi connectivity index (χ2v) is 9.76. The van der Waals surface area contributed by atoms with E-state index in [0.717, 1.165) is 30.5 Å². The highest BCUT2D eigenvalue weighted by Gasteiger charge is 2.46. The second kappa shape index (κ2) is 7.52. The van der Waals surface area contributed by atoms with Gasteiger partial charge in [0, 0.05) is 19.0 Å². The molecule has 0 spiro atoms. The van der Waals surface area contributed by atoms with Gasteiger partial charge in [0.25, 0.3) is 0 Å². The zero-order valence-corrected chi connectivity index (χ0v) is 16.4. The molecular weight excluding hydrogens is 436 g/mol. The molecule has 3 rings (SSSR count). The summed E-state index contributed by atoms with van der Waals surface area (Å²) in [5.41, 5.74) is -2.05. The van der Waals surface area contributed by atoms with Crippen LogP contribution < -0.4 is 0 Å². The van der Waals surface area contributed by atoms with E-state index >= 15 is 0 Å². The van der Waals surface area contributed by atoms with Gasteiger partial charge in [0.1, 0.15) is 0 Å². The number of sulfone groups is 1. The number of pyridine rings is 1. The van der Waals surface area contributed by atoms with Crippen molar-refractivity contribution in [3.05, 3.63) is 59.4 Å². The molecule has 1 aliphatic heterocycles. The molecule has 1 aromatic heterocycles. The molecule has 0 bridgehead atoms. The summed E-state index contributed by atoms with van der Waals surface area (Å²) in [6, 6.07) is 4.25. The molecule has 1 saturated heterocycles. The van der Waals surface area contributed by atoms with Crippen molar-refractivity contribution in [3.63, 3.8) is 0 Å². The van der Waals surface area contributed by atoms with E-state index in [0.29, 0.717) is 12.3 Å². The third kappa shape index (κ3) is 4.31. The zero-order chi connectivity index (χ0) is 22.4. The van der Waals surface area contributed by atoms with Gasteiger partial charge in [-0.25, -0.2) is 8.42 Å². The quantitative estimate of drug-likeness (QED) is 0.600. The third-order valence-electron chi connectivity index (χ3n) is 5.15. The van der Waals surface area contributed by atoms with Crippen molar-refractivity contribution in [2.45, 2.75) is 47.9 Å². The summed E-state index contributed by atoms with van der Waals surface area (Å²) in [6.07, 6.45) is -8.80. The molecule has 1 fully saturated rings. The zero-order valence-electron chi connectivity index (χ0n) is 15.6. The Kier molecular flexibility index (Phi) is 5.65. The van der Waals surface area contributed by atoms with Gasteiger partial charge < -0.3 is 4.74 Å². The van der Waals surface area contributed by atoms with Gasteiger partial charge >= 0.3 is 12.4 Å². The van der Waals surface area contributed by atoms with Gasteiger partial charge in [-0.3, -0.25) is 4.98 Å². The highest BCUT2D eigenvalue weighted by atomic mass is 32.2. The third-order valence-corrected chi connectivity index (χ3v) is 7.69. The van der Waals surface area contributed by atoms with Crippen LogP contribution in [0.2, 0.25) is 0 Å². The van der Waals surface area contributed by atoms with E-state index in [2.05, 4.69) is 4.98 Å². The van der Waals surface area contributed by atoms with E-state index in [9.17, 15) is 34.8 Å². The Balaban J connectivity index is 1.95. The number of hydrogen-bond acceptors (Lipinski definition) is 4. The van der Waals surface area contributed by atoms with Crippen molar-refractivity contribution in [2.75, 3.05) is 6.61 Å². The normalized spacial score (nSPS) is 23.4. The Labute approximate surface area is 168 Å². The molecule has 164 valence electrons. The molecule has 1 aliphatic rings. The summed E-state index contributed by atoms with van der Waals surface area (Å²) in [4.78, 5) is 3.06. The van der Waals surface area contributed by atoms with Crippen LogP contribution in [0.25, 0.3) is 0 Å². The average molecular weight is 453 g/mol. The van der Waals surface area contributed by atoms with E-state index in [-0.39, 0.29) is 25.0 Å². The second-order valence-electron chi connectivity index (χ2n) is 7.30. The summed E-state index contributed by atoms with van der Waals surface area (Å²) >= 11 is 0. The largest absolute Gasteiger partial charge is 0.417 e. The average Bonchev–Trinajstić information content (AvgIpc) is 2.67. The van der Waals surface area contributed by atoms with Crippen LogP contribution in [0.5, 0.6) is 0 Å². The number of benzene rings is 1. The highest BCUT2D eigenvalue weighted by molar-refractivity contribution is 7.92. The van der Waals surface area contributed by atoms with Crippen molar-refractivity contribution in [3.8, 4) is 0 Å². The summed E-state index contributed by atoms with van der Waals surface area (Å²) in [5, 5.41) is 0. The SMILES string of the molecule is CC1(S(=O)(=O)c2cccc(C(F)(F)F)c2)CCOC(c2cncc(C(F)(F)F)c2)C1. The van der Waals surface area contributed by atoms with Crippen LogP contribution in [0, 0.1) is 0 Å². The van der Waals surface area contributed by atoms with Crippen LogP contribution in [0.15, 0.2) is 47.6 Å². The predicted octanol–water partition coefficient (Wildman–Crippen LogP) is 5.20. The smallest absolute Gasteiger partial charge is 0.373 e. The molecule has 1 aromatic carbocycles. The lowest BCUT2D eigenvalue weighted by atomic mass is 9.92. The molecule has 2 atom stereocenters. The van der Waals surface area contributed by atoms with Gasteiger partial charge in [0.15, 0.2) is 9.84 Å². The molecule has 4 nitrogen and oxygen atoms in total. The van der Waals surface area contributed by atoms with Crippen LogP contribution in [0.3, 0.4) is 0 Å². The number of halogens is 6. The fourth-order valence-electron chi connectivity index (χ4n) is 3.34. The number of rotatable bonds is 3. The number of nitrogens with zero attached hydrogens (tertiary/aromatic N) is 1. The van der Waals surface area contributed by atoms with Crippen molar-refractivity contribution in [2.24, 2.45) is 0 Å². The van der Waals surface area contributed by atoms with Crippen molar-refractivity contribution >= 4 is 9.84 Å². The first-order valence-corrected chi connectivity index (χ1v) is 10.3. The topological polar surface area (TPSA) is 56.3 Å². The maximum atomic E-state index is 13.2. The minimum atomic E-state index is -4.71. The van der Waals surface area contributed by atoms with Gasteiger partial charge in [-0.1, -0.05) is 6.07 Å². The summed E-state index contributed by atoms with van der Waals surface area (Å²) in [7, 11) is -4.25. The molecule has 2 heterocycles. The first-order chi connectivity index (χ1) is 13.7. The van der Waals surface area contributed by atoms with Crippen LogP contribution >= 0.6 is 0 Å². The Bertz CT molecular complexity index is 1040. The van der Waals surface area contributed by atoms with Gasteiger partial charge in [-0.05, 0) is 49.6 Å². The first-order valence-electron chi connectivity index (χ1n) is 8.80. The van der Waals surface area contributed by atoms with Gasteiger partial charge in [0.05, 0.1) is 26.9 Å². The number of alkyl halides is 6. The first kappa shape index (κ1) is 22.5. The molecule has 30 heavy (non-hydrogen) atoms. The fraction of sp³-hybridized carbons (Fsp3) is 0.421. The highest BCUT2D eigenvalue weighted by Crippen LogP contribution is 2.43. The molecular formula is C19H17F6NO3S. The van der Waals surface area contributed by atoms with Gasteiger partial charge in [-0.15, -0.1) is 0 Å². The van der Waals surface area contributed by atoms with Crippen molar-refractivity contribution in [1.29, 1.82) is 0 Å². The number of aromatic nitrogens is 1. The summed E-state index contributed by atoms with van der Waals surface area (Å²) in [6.45, 7) is 1.27. The predicted molar refractivity (Wildman–Crippen MR) is 94.2 cm³/mol. The van der Waals surface area contributed by atoms with Crippen LogP contribution in [0.4, 0.5) is 26.3 Å².